The number of nitrogens with zero attached hydrogens (tertiary/aromatic N) is 1. The number of aromatic nitrogens is 3. The van der Waals surface area contributed by atoms with Crippen molar-refractivity contribution in [3.05, 3.63) is 59.5 Å². The van der Waals surface area contributed by atoms with E-state index in [1.165, 1.54) is 28.5 Å². The normalized spacial score (nSPS) is 16.3. The van der Waals surface area contributed by atoms with E-state index in [2.05, 4.69) is 16.9 Å². The van der Waals surface area contributed by atoms with Gasteiger partial charge in [-0.15, -0.1) is 11.3 Å². The van der Waals surface area contributed by atoms with E-state index in [1.54, 1.807) is 0 Å². The first-order valence-electron chi connectivity index (χ1n) is 9.95. The number of ether oxygens (including phenoxy) is 1. The van der Waals surface area contributed by atoms with Gasteiger partial charge >= 0.3 is 5.69 Å². The average Bonchev–Trinajstić information content (AvgIpc) is 3.01. The maximum atomic E-state index is 13.1. The first-order valence-corrected chi connectivity index (χ1v) is 10.8. The zero-order chi connectivity index (χ0) is 20.7. The van der Waals surface area contributed by atoms with E-state index in [9.17, 15) is 14.4 Å². The van der Waals surface area contributed by atoms with Crippen molar-refractivity contribution in [1.29, 1.82) is 0 Å². The molecule has 1 aliphatic carbocycles. The van der Waals surface area contributed by atoms with Gasteiger partial charge in [0.2, 0.25) is 5.43 Å². The summed E-state index contributed by atoms with van der Waals surface area (Å²) in [6.07, 6.45) is 4.34. The monoisotopic (exact) mass is 415 g/mol. The molecule has 1 atom stereocenters. The molecule has 3 aromatic rings. The number of aryl methyl sites for hydroxylation is 1. The number of thiophene rings is 1. The van der Waals surface area contributed by atoms with E-state index in [-0.39, 0.29) is 23.3 Å². The number of H-pyrrole nitrogens is 2. The number of hydrogen-bond acceptors (Lipinski definition) is 5. The summed E-state index contributed by atoms with van der Waals surface area (Å²) in [6.45, 7) is 6.66. The summed E-state index contributed by atoms with van der Waals surface area (Å²) in [7, 11) is 0. The number of nitrogens with one attached hydrogen (secondary N) is 2. The first-order chi connectivity index (χ1) is 13.8. The molecule has 0 aromatic carbocycles. The minimum atomic E-state index is -0.463. The van der Waals surface area contributed by atoms with Crippen LogP contribution in [0.1, 0.15) is 43.3 Å². The predicted molar refractivity (Wildman–Crippen MR) is 114 cm³/mol. The molecule has 0 aliphatic heterocycles. The van der Waals surface area contributed by atoms with Gasteiger partial charge in [0.15, 0.2) is 5.75 Å². The lowest BCUT2D eigenvalue weighted by atomic mass is 9.89. The van der Waals surface area contributed by atoms with Crippen molar-refractivity contribution < 1.29 is 4.74 Å². The molecule has 29 heavy (non-hydrogen) atoms. The third-order valence-electron chi connectivity index (χ3n) is 5.27. The van der Waals surface area contributed by atoms with E-state index in [0.717, 1.165) is 29.4 Å². The fourth-order valence-electron chi connectivity index (χ4n) is 3.73. The van der Waals surface area contributed by atoms with Crippen molar-refractivity contribution in [2.24, 2.45) is 11.8 Å². The fourth-order valence-corrected chi connectivity index (χ4v) is 5.12. The molecule has 0 bridgehead atoms. The minimum Gasteiger partial charge on any atom is -0.488 e. The second-order valence-electron chi connectivity index (χ2n) is 8.27. The molecule has 1 aliphatic rings. The molecule has 2 N–H and O–H groups in total. The Morgan fingerprint density at radius 1 is 1.31 bits per heavy atom. The highest BCUT2D eigenvalue weighted by atomic mass is 32.1. The summed E-state index contributed by atoms with van der Waals surface area (Å²) in [6, 6.07) is 1.39. The van der Waals surface area contributed by atoms with Gasteiger partial charge in [-0.25, -0.2) is 4.79 Å². The van der Waals surface area contributed by atoms with E-state index in [1.807, 2.05) is 13.8 Å². The van der Waals surface area contributed by atoms with E-state index in [0.29, 0.717) is 34.4 Å². The predicted octanol–water partition coefficient (Wildman–Crippen LogP) is 2.65. The van der Waals surface area contributed by atoms with Crippen molar-refractivity contribution in [3.8, 4) is 5.75 Å². The lowest BCUT2D eigenvalue weighted by Crippen LogP contribution is -2.35. The third-order valence-corrected chi connectivity index (χ3v) is 6.44. The molecule has 7 nitrogen and oxygen atoms in total. The Morgan fingerprint density at radius 2 is 2.10 bits per heavy atom. The highest BCUT2D eigenvalue weighted by Crippen LogP contribution is 2.35. The lowest BCUT2D eigenvalue weighted by Gasteiger charge is -2.17. The minimum absolute atomic E-state index is 0.00479. The van der Waals surface area contributed by atoms with Crippen LogP contribution in [0.3, 0.4) is 0 Å². The van der Waals surface area contributed by atoms with Gasteiger partial charge in [0.05, 0.1) is 18.5 Å². The molecule has 154 valence electrons. The highest BCUT2D eigenvalue weighted by molar-refractivity contribution is 7.18. The molecule has 8 heteroatoms. The summed E-state index contributed by atoms with van der Waals surface area (Å²) in [4.78, 5) is 45.7. The molecule has 0 radical (unpaired) electrons. The Balaban J connectivity index is 1.70. The van der Waals surface area contributed by atoms with Crippen LogP contribution in [0.5, 0.6) is 5.75 Å². The summed E-state index contributed by atoms with van der Waals surface area (Å²) in [5.41, 5.74) is 0.527. The Labute approximate surface area is 171 Å². The molecule has 0 saturated carbocycles. The zero-order valence-corrected chi connectivity index (χ0v) is 17.6. The third kappa shape index (κ3) is 3.81. The molecule has 3 aromatic heterocycles. The topological polar surface area (TPSA) is 96.9 Å². The number of hydrogen-bond donors (Lipinski definition) is 2. The van der Waals surface area contributed by atoms with Gasteiger partial charge in [0, 0.05) is 22.8 Å². The largest absolute Gasteiger partial charge is 0.488 e. The highest BCUT2D eigenvalue weighted by Gasteiger charge is 2.23. The summed E-state index contributed by atoms with van der Waals surface area (Å²) in [5, 5.41) is 0.621. The van der Waals surface area contributed by atoms with Gasteiger partial charge < -0.3 is 9.72 Å². The average molecular weight is 416 g/mol. The lowest BCUT2D eigenvalue weighted by molar-refractivity contribution is 0.267. The van der Waals surface area contributed by atoms with Gasteiger partial charge in [0.1, 0.15) is 4.83 Å². The van der Waals surface area contributed by atoms with Crippen LogP contribution in [0.2, 0.25) is 0 Å². The SMILES string of the molecule is CC(C)COc1c[nH]c(Cn2c(=O)[nH]c3sc4c(c3c2=O)CCC(C)C4)cc1=O. The maximum Gasteiger partial charge on any atom is 0.329 e. The van der Waals surface area contributed by atoms with E-state index < -0.39 is 5.69 Å². The summed E-state index contributed by atoms with van der Waals surface area (Å²) >= 11 is 1.52. The zero-order valence-electron chi connectivity index (χ0n) is 16.8. The molecule has 1 unspecified atom stereocenters. The fraction of sp³-hybridized carbons (Fsp3) is 0.476. The number of fused-ring (bicyclic) bond motifs is 3. The Morgan fingerprint density at radius 3 is 2.83 bits per heavy atom. The second-order valence-corrected chi connectivity index (χ2v) is 9.37. The summed E-state index contributed by atoms with van der Waals surface area (Å²) in [5.74, 6) is 1.13. The maximum absolute atomic E-state index is 13.1. The van der Waals surface area contributed by atoms with Crippen LogP contribution in [0.25, 0.3) is 10.2 Å². The molecule has 0 amide bonds. The van der Waals surface area contributed by atoms with Crippen molar-refractivity contribution >= 4 is 21.6 Å². The number of rotatable bonds is 5. The van der Waals surface area contributed by atoms with Crippen LogP contribution in [-0.2, 0) is 19.4 Å². The van der Waals surface area contributed by atoms with Crippen LogP contribution in [0.15, 0.2) is 26.6 Å². The van der Waals surface area contributed by atoms with Gasteiger partial charge in [-0.1, -0.05) is 20.8 Å². The van der Waals surface area contributed by atoms with Crippen LogP contribution in [0.4, 0.5) is 0 Å². The number of pyridine rings is 1. The quantitative estimate of drug-likeness (QED) is 0.669. The van der Waals surface area contributed by atoms with Crippen LogP contribution >= 0.6 is 11.3 Å². The smallest absolute Gasteiger partial charge is 0.329 e. The molecular weight excluding hydrogens is 390 g/mol. The molecule has 3 heterocycles. The van der Waals surface area contributed by atoms with Crippen LogP contribution < -0.4 is 21.4 Å². The van der Waals surface area contributed by atoms with Crippen LogP contribution in [0, 0.1) is 11.8 Å². The molecule has 0 spiro atoms. The standard InChI is InChI=1S/C21H25N3O4S/c1-11(2)10-28-16-8-22-13(7-15(16)25)9-24-20(26)18-14-5-4-12(3)6-17(14)29-19(18)23-21(24)27/h7-8,11-12H,4-6,9-10H2,1-3H3,(H,22,25)(H,23,27). The molecule has 0 fully saturated rings. The van der Waals surface area contributed by atoms with Crippen LogP contribution in [-0.4, -0.2) is 21.1 Å². The van der Waals surface area contributed by atoms with Crippen molar-refractivity contribution in [1.82, 2.24) is 14.5 Å². The van der Waals surface area contributed by atoms with Gasteiger partial charge in [0.25, 0.3) is 5.56 Å². The van der Waals surface area contributed by atoms with Gasteiger partial charge in [-0.3, -0.25) is 19.1 Å². The second kappa shape index (κ2) is 7.67. The summed E-state index contributed by atoms with van der Waals surface area (Å²) < 4.78 is 6.65. The Bertz CT molecular complexity index is 1230. The van der Waals surface area contributed by atoms with Crippen molar-refractivity contribution in [3.63, 3.8) is 0 Å². The molecular formula is C21H25N3O4S. The van der Waals surface area contributed by atoms with Gasteiger partial charge in [-0.05, 0) is 36.7 Å². The van der Waals surface area contributed by atoms with E-state index >= 15 is 0 Å². The van der Waals surface area contributed by atoms with Gasteiger partial charge in [-0.2, -0.15) is 0 Å². The number of aromatic amines is 2. The van der Waals surface area contributed by atoms with Crippen molar-refractivity contribution in [2.45, 2.75) is 46.6 Å². The Hall–Kier alpha value is -2.61. The van der Waals surface area contributed by atoms with Crippen molar-refractivity contribution in [2.75, 3.05) is 6.61 Å². The molecule has 0 saturated heterocycles. The first kappa shape index (κ1) is 19.7. The Kier molecular flexibility index (Phi) is 5.21. The molecule has 4 rings (SSSR count). The van der Waals surface area contributed by atoms with E-state index in [4.69, 9.17) is 4.74 Å².